The molecule has 0 aliphatic carbocycles. The molecule has 0 aliphatic heterocycles. The molecule has 0 amide bonds. The summed E-state index contributed by atoms with van der Waals surface area (Å²) in [6, 6.07) is 20.6. The first kappa shape index (κ1) is 20.1. The third kappa shape index (κ3) is 5.65. The molecule has 0 bridgehead atoms. The molecule has 6 heteroatoms. The van der Waals surface area contributed by atoms with Crippen LogP contribution in [0.1, 0.15) is 21.5 Å². The Morgan fingerprint density at radius 2 is 1.17 bits per heavy atom. The van der Waals surface area contributed by atoms with Gasteiger partial charge in [-0.1, -0.05) is 24.3 Å². The van der Waals surface area contributed by atoms with Gasteiger partial charge in [-0.3, -0.25) is 0 Å². The van der Waals surface area contributed by atoms with E-state index in [1.165, 1.54) is 0 Å². The summed E-state index contributed by atoms with van der Waals surface area (Å²) in [5, 5.41) is 16.0. The summed E-state index contributed by atoms with van der Waals surface area (Å²) in [6.07, 6.45) is 0. The normalized spacial score (nSPS) is 10.3. The maximum absolute atomic E-state index is 11.5. The predicted molar refractivity (Wildman–Crippen MR) is 114 cm³/mol. The van der Waals surface area contributed by atoms with Crippen LogP contribution in [-0.2, 0) is 13.1 Å². The molecule has 3 aromatic carbocycles. The van der Waals surface area contributed by atoms with E-state index in [9.17, 15) is 9.90 Å². The van der Waals surface area contributed by atoms with Crippen LogP contribution in [0, 0.1) is 0 Å². The third-order valence-corrected chi connectivity index (χ3v) is 4.49. The van der Waals surface area contributed by atoms with Crippen LogP contribution in [0.25, 0.3) is 0 Å². The van der Waals surface area contributed by atoms with Gasteiger partial charge in [-0.2, -0.15) is 0 Å². The first-order valence-corrected chi connectivity index (χ1v) is 9.19. The fourth-order valence-electron chi connectivity index (χ4n) is 2.85. The number of carboxylic acid groups (broad SMARTS) is 1. The van der Waals surface area contributed by atoms with Crippen LogP contribution in [0.5, 0.6) is 11.5 Å². The van der Waals surface area contributed by atoms with Crippen molar-refractivity contribution in [1.82, 2.24) is 0 Å². The minimum atomic E-state index is -0.967. The highest BCUT2D eigenvalue weighted by atomic mass is 16.5. The second-order valence-electron chi connectivity index (χ2n) is 6.51. The second-order valence-corrected chi connectivity index (χ2v) is 6.51. The lowest BCUT2D eigenvalue weighted by molar-refractivity contribution is 0.0697. The first-order valence-electron chi connectivity index (χ1n) is 9.19. The van der Waals surface area contributed by atoms with E-state index in [1.54, 1.807) is 26.4 Å². The number of benzene rings is 3. The number of carbonyl (C=O) groups is 1. The van der Waals surface area contributed by atoms with Gasteiger partial charge in [-0.05, 0) is 53.6 Å². The highest BCUT2D eigenvalue weighted by molar-refractivity contribution is 5.90. The lowest BCUT2D eigenvalue weighted by Crippen LogP contribution is -2.05. The van der Waals surface area contributed by atoms with E-state index in [2.05, 4.69) is 10.6 Å². The second kappa shape index (κ2) is 9.50. The summed E-state index contributed by atoms with van der Waals surface area (Å²) in [7, 11) is 3.26. The van der Waals surface area contributed by atoms with E-state index in [4.69, 9.17) is 9.47 Å². The topological polar surface area (TPSA) is 79.8 Å². The molecular weight excluding hydrogens is 368 g/mol. The Hall–Kier alpha value is -3.67. The Kier molecular flexibility index (Phi) is 6.58. The number of carboxylic acids is 1. The molecule has 0 aromatic heterocycles. The van der Waals surface area contributed by atoms with E-state index in [-0.39, 0.29) is 5.56 Å². The zero-order chi connectivity index (χ0) is 20.6. The Bertz CT molecular complexity index is 884. The van der Waals surface area contributed by atoms with Gasteiger partial charge < -0.3 is 25.2 Å². The summed E-state index contributed by atoms with van der Waals surface area (Å²) < 4.78 is 10.3. The molecule has 0 fully saturated rings. The van der Waals surface area contributed by atoms with Crippen molar-refractivity contribution in [2.75, 3.05) is 24.9 Å². The SMILES string of the molecule is COc1ccc(CNc2cc(NCc3ccc(OC)cc3)cc(C(=O)O)c2)cc1. The Balaban J connectivity index is 1.69. The van der Waals surface area contributed by atoms with Crippen molar-refractivity contribution in [1.29, 1.82) is 0 Å². The monoisotopic (exact) mass is 392 g/mol. The van der Waals surface area contributed by atoms with Gasteiger partial charge in [-0.15, -0.1) is 0 Å². The average molecular weight is 392 g/mol. The molecule has 0 spiro atoms. The minimum Gasteiger partial charge on any atom is -0.497 e. The van der Waals surface area contributed by atoms with E-state index >= 15 is 0 Å². The average Bonchev–Trinajstić information content (AvgIpc) is 2.76. The van der Waals surface area contributed by atoms with Crippen LogP contribution >= 0.6 is 0 Å². The minimum absolute atomic E-state index is 0.224. The number of ether oxygens (including phenoxy) is 2. The molecule has 0 saturated heterocycles. The number of rotatable bonds is 9. The molecule has 3 N–H and O–H groups in total. The summed E-state index contributed by atoms with van der Waals surface area (Å²) >= 11 is 0. The molecule has 29 heavy (non-hydrogen) atoms. The van der Waals surface area contributed by atoms with Crippen molar-refractivity contribution in [2.24, 2.45) is 0 Å². The van der Waals surface area contributed by atoms with Crippen molar-refractivity contribution in [3.63, 3.8) is 0 Å². The molecule has 0 radical (unpaired) electrons. The first-order chi connectivity index (χ1) is 14.1. The lowest BCUT2D eigenvalue weighted by atomic mass is 10.1. The maximum Gasteiger partial charge on any atom is 0.335 e. The number of hydrogen-bond acceptors (Lipinski definition) is 5. The van der Waals surface area contributed by atoms with Gasteiger partial charge in [0.25, 0.3) is 0 Å². The smallest absolute Gasteiger partial charge is 0.335 e. The van der Waals surface area contributed by atoms with E-state index < -0.39 is 5.97 Å². The molecule has 150 valence electrons. The summed E-state index contributed by atoms with van der Waals surface area (Å²) in [4.78, 5) is 11.5. The molecule has 0 saturated carbocycles. The highest BCUT2D eigenvalue weighted by Crippen LogP contribution is 2.22. The zero-order valence-electron chi connectivity index (χ0n) is 16.4. The van der Waals surface area contributed by atoms with E-state index in [0.29, 0.717) is 13.1 Å². The summed E-state index contributed by atoms with van der Waals surface area (Å²) in [6.45, 7) is 1.15. The van der Waals surface area contributed by atoms with Crippen LogP contribution in [0.15, 0.2) is 66.7 Å². The van der Waals surface area contributed by atoms with Gasteiger partial charge in [0.1, 0.15) is 11.5 Å². The van der Waals surface area contributed by atoms with E-state index in [0.717, 1.165) is 34.0 Å². The molecule has 3 rings (SSSR count). The van der Waals surface area contributed by atoms with Gasteiger partial charge in [0.05, 0.1) is 19.8 Å². The van der Waals surface area contributed by atoms with Crippen LogP contribution in [-0.4, -0.2) is 25.3 Å². The Morgan fingerprint density at radius 1 is 0.759 bits per heavy atom. The van der Waals surface area contributed by atoms with Crippen LogP contribution < -0.4 is 20.1 Å². The maximum atomic E-state index is 11.5. The predicted octanol–water partition coefficient (Wildman–Crippen LogP) is 4.63. The van der Waals surface area contributed by atoms with Gasteiger partial charge in [0.2, 0.25) is 0 Å². The van der Waals surface area contributed by atoms with Crippen molar-refractivity contribution in [3.8, 4) is 11.5 Å². The summed E-state index contributed by atoms with van der Waals surface area (Å²) in [5.74, 6) is 0.629. The fraction of sp³-hybridized carbons (Fsp3) is 0.174. The van der Waals surface area contributed by atoms with Gasteiger partial charge in [0, 0.05) is 24.5 Å². The van der Waals surface area contributed by atoms with Crippen LogP contribution in [0.3, 0.4) is 0 Å². The number of methoxy groups -OCH3 is 2. The molecule has 0 aliphatic rings. The largest absolute Gasteiger partial charge is 0.497 e. The highest BCUT2D eigenvalue weighted by Gasteiger charge is 2.08. The van der Waals surface area contributed by atoms with Gasteiger partial charge in [-0.25, -0.2) is 4.79 Å². The third-order valence-electron chi connectivity index (χ3n) is 4.49. The molecule has 3 aromatic rings. The number of hydrogen-bond donors (Lipinski definition) is 3. The number of aromatic carboxylic acids is 1. The molecular formula is C23H24N2O4. The summed E-state index contributed by atoms with van der Waals surface area (Å²) in [5.41, 5.74) is 3.83. The molecule has 0 unspecified atom stereocenters. The Labute approximate surface area is 170 Å². The fourth-order valence-corrected chi connectivity index (χ4v) is 2.85. The quantitative estimate of drug-likeness (QED) is 0.493. The van der Waals surface area contributed by atoms with Crippen molar-refractivity contribution in [3.05, 3.63) is 83.4 Å². The Morgan fingerprint density at radius 3 is 1.52 bits per heavy atom. The zero-order valence-corrected chi connectivity index (χ0v) is 16.4. The number of anilines is 2. The molecule has 0 atom stereocenters. The standard InChI is InChI=1S/C23H24N2O4/c1-28-21-7-3-16(4-8-21)14-24-19-11-18(23(26)27)12-20(13-19)25-15-17-5-9-22(29-2)10-6-17/h3-13,24-25H,14-15H2,1-2H3,(H,26,27). The molecule has 0 heterocycles. The molecule has 6 nitrogen and oxygen atoms in total. The van der Waals surface area contributed by atoms with Crippen LogP contribution in [0.2, 0.25) is 0 Å². The van der Waals surface area contributed by atoms with Crippen LogP contribution in [0.4, 0.5) is 11.4 Å². The lowest BCUT2D eigenvalue weighted by Gasteiger charge is -2.13. The van der Waals surface area contributed by atoms with Crippen molar-refractivity contribution in [2.45, 2.75) is 13.1 Å². The van der Waals surface area contributed by atoms with Gasteiger partial charge >= 0.3 is 5.97 Å². The van der Waals surface area contributed by atoms with E-state index in [1.807, 2.05) is 54.6 Å². The van der Waals surface area contributed by atoms with Gasteiger partial charge in [0.15, 0.2) is 0 Å². The van der Waals surface area contributed by atoms with Crippen molar-refractivity contribution >= 4 is 17.3 Å². The van der Waals surface area contributed by atoms with Crippen molar-refractivity contribution < 1.29 is 19.4 Å². The number of nitrogens with one attached hydrogen (secondary N) is 2.